The Morgan fingerprint density at radius 1 is 1.32 bits per heavy atom. The number of allylic oxidation sites excluding steroid dienone is 1. The van der Waals surface area contributed by atoms with E-state index in [2.05, 4.69) is 0 Å². The van der Waals surface area contributed by atoms with Crippen molar-refractivity contribution in [2.75, 3.05) is 0 Å². The third-order valence-electron chi connectivity index (χ3n) is 3.08. The van der Waals surface area contributed by atoms with E-state index in [9.17, 15) is 9.59 Å². The van der Waals surface area contributed by atoms with Gasteiger partial charge in [-0.05, 0) is 23.9 Å². The van der Waals surface area contributed by atoms with Crippen molar-refractivity contribution in [1.82, 2.24) is 4.57 Å². The van der Waals surface area contributed by atoms with Crippen LogP contribution in [0.5, 0.6) is 0 Å². The summed E-state index contributed by atoms with van der Waals surface area (Å²) in [5.41, 5.74) is 0.218. The summed E-state index contributed by atoms with van der Waals surface area (Å²) in [6, 6.07) is 9.21. The lowest BCUT2D eigenvalue weighted by Crippen LogP contribution is -2.19. The number of benzene rings is 1. The van der Waals surface area contributed by atoms with Gasteiger partial charge in [0.1, 0.15) is 0 Å². The quantitative estimate of drug-likeness (QED) is 0.856. The predicted molar refractivity (Wildman–Crippen MR) is 74.2 cm³/mol. The van der Waals surface area contributed by atoms with Crippen molar-refractivity contribution in [3.63, 3.8) is 0 Å². The fourth-order valence-corrected chi connectivity index (χ4v) is 1.96. The lowest BCUT2D eigenvalue weighted by molar-refractivity contribution is -0.132. The van der Waals surface area contributed by atoms with Crippen molar-refractivity contribution < 1.29 is 9.90 Å². The molecule has 98 valence electrons. The first-order valence-electron chi connectivity index (χ1n) is 6.14. The maximum atomic E-state index is 12.2. The normalized spacial score (nSPS) is 11.7. The zero-order chi connectivity index (χ0) is 13.8. The zero-order valence-electron chi connectivity index (χ0n) is 10.7. The Morgan fingerprint density at radius 3 is 2.74 bits per heavy atom. The molecule has 1 aromatic heterocycles. The molecule has 0 saturated carbocycles. The van der Waals surface area contributed by atoms with Gasteiger partial charge < -0.3 is 9.67 Å². The highest BCUT2D eigenvalue weighted by Gasteiger charge is 2.05. The maximum absolute atomic E-state index is 12.2. The SMILES string of the molecule is CC/C(=C/Cn1ccc2ccccc2c1=O)C(=O)O. The fraction of sp³-hybridized carbons (Fsp3) is 0.200. The van der Waals surface area contributed by atoms with Crippen LogP contribution in [0.2, 0.25) is 0 Å². The lowest BCUT2D eigenvalue weighted by Gasteiger charge is -2.05. The largest absolute Gasteiger partial charge is 0.478 e. The minimum absolute atomic E-state index is 0.102. The number of fused-ring (bicyclic) bond motifs is 1. The summed E-state index contributed by atoms with van der Waals surface area (Å²) in [7, 11) is 0. The number of aliphatic carboxylic acids is 1. The van der Waals surface area contributed by atoms with Crippen LogP contribution in [0.4, 0.5) is 0 Å². The molecule has 0 aliphatic carbocycles. The predicted octanol–water partition coefficient (Wildman–Crippen LogP) is 2.42. The molecule has 0 bridgehead atoms. The van der Waals surface area contributed by atoms with E-state index in [0.29, 0.717) is 17.4 Å². The van der Waals surface area contributed by atoms with Gasteiger partial charge in [0.25, 0.3) is 5.56 Å². The molecule has 0 aliphatic heterocycles. The number of aromatic nitrogens is 1. The summed E-state index contributed by atoms with van der Waals surface area (Å²) in [4.78, 5) is 23.1. The Hall–Kier alpha value is -2.36. The number of hydrogen-bond acceptors (Lipinski definition) is 2. The molecule has 1 aromatic carbocycles. The molecule has 0 aliphatic rings. The number of rotatable bonds is 4. The average Bonchev–Trinajstić information content (AvgIpc) is 2.41. The Morgan fingerprint density at radius 2 is 2.05 bits per heavy atom. The second-order valence-electron chi connectivity index (χ2n) is 4.25. The number of pyridine rings is 1. The summed E-state index contributed by atoms with van der Waals surface area (Å²) in [6.45, 7) is 2.06. The van der Waals surface area contributed by atoms with E-state index in [1.807, 2.05) is 24.3 Å². The highest BCUT2D eigenvalue weighted by Crippen LogP contribution is 2.08. The van der Waals surface area contributed by atoms with Crippen LogP contribution in [-0.2, 0) is 11.3 Å². The molecule has 0 amide bonds. The average molecular weight is 257 g/mol. The maximum Gasteiger partial charge on any atom is 0.331 e. The molecule has 19 heavy (non-hydrogen) atoms. The van der Waals surface area contributed by atoms with Crippen molar-refractivity contribution in [2.24, 2.45) is 0 Å². The summed E-state index contributed by atoms with van der Waals surface area (Å²) < 4.78 is 1.51. The molecule has 4 nitrogen and oxygen atoms in total. The Bertz CT molecular complexity index is 698. The fourth-order valence-electron chi connectivity index (χ4n) is 1.96. The number of hydrogen-bond donors (Lipinski definition) is 1. The van der Waals surface area contributed by atoms with Crippen LogP contribution in [0.15, 0.2) is 53.0 Å². The molecule has 0 radical (unpaired) electrons. The zero-order valence-corrected chi connectivity index (χ0v) is 10.7. The Kier molecular flexibility index (Phi) is 3.80. The van der Waals surface area contributed by atoms with Gasteiger partial charge in [-0.25, -0.2) is 4.79 Å². The first kappa shape index (κ1) is 13.1. The second-order valence-corrected chi connectivity index (χ2v) is 4.25. The molecule has 2 rings (SSSR count). The lowest BCUT2D eigenvalue weighted by atomic mass is 10.1. The van der Waals surface area contributed by atoms with Gasteiger partial charge in [0.05, 0.1) is 0 Å². The molecule has 4 heteroatoms. The van der Waals surface area contributed by atoms with Gasteiger partial charge in [-0.1, -0.05) is 31.2 Å². The Balaban J connectivity index is 2.39. The van der Waals surface area contributed by atoms with Crippen LogP contribution < -0.4 is 5.56 Å². The second kappa shape index (κ2) is 5.52. The summed E-state index contributed by atoms with van der Waals surface area (Å²) in [5, 5.41) is 10.5. The topological polar surface area (TPSA) is 59.3 Å². The van der Waals surface area contributed by atoms with E-state index >= 15 is 0 Å². The van der Waals surface area contributed by atoms with E-state index in [4.69, 9.17) is 5.11 Å². The van der Waals surface area contributed by atoms with Crippen LogP contribution in [0.25, 0.3) is 10.8 Å². The monoisotopic (exact) mass is 257 g/mol. The molecular formula is C15H15NO3. The van der Waals surface area contributed by atoms with Crippen molar-refractivity contribution in [3.8, 4) is 0 Å². The third kappa shape index (κ3) is 2.73. The van der Waals surface area contributed by atoms with Crippen molar-refractivity contribution in [3.05, 3.63) is 58.5 Å². The van der Waals surface area contributed by atoms with Gasteiger partial charge in [0.15, 0.2) is 0 Å². The van der Waals surface area contributed by atoms with Crippen LogP contribution in [0.1, 0.15) is 13.3 Å². The highest BCUT2D eigenvalue weighted by molar-refractivity contribution is 5.86. The van der Waals surface area contributed by atoms with E-state index in [1.165, 1.54) is 4.57 Å². The van der Waals surface area contributed by atoms with Crippen LogP contribution in [0.3, 0.4) is 0 Å². The third-order valence-corrected chi connectivity index (χ3v) is 3.08. The number of nitrogens with zero attached hydrogens (tertiary/aromatic N) is 1. The highest BCUT2D eigenvalue weighted by atomic mass is 16.4. The molecule has 0 saturated heterocycles. The Labute approximate surface area is 110 Å². The van der Waals surface area contributed by atoms with Gasteiger partial charge in [0.2, 0.25) is 0 Å². The minimum atomic E-state index is -0.934. The van der Waals surface area contributed by atoms with Crippen molar-refractivity contribution in [1.29, 1.82) is 0 Å². The van der Waals surface area contributed by atoms with Crippen LogP contribution in [-0.4, -0.2) is 15.6 Å². The number of carbonyl (C=O) groups is 1. The van der Waals surface area contributed by atoms with Gasteiger partial charge >= 0.3 is 5.97 Å². The molecular weight excluding hydrogens is 242 g/mol. The standard InChI is InChI=1S/C15H15NO3/c1-2-11(15(18)19)7-9-16-10-8-12-5-3-4-6-13(12)14(16)17/h3-8,10H,2,9H2,1H3,(H,18,19)/b11-7-. The molecule has 0 fully saturated rings. The minimum Gasteiger partial charge on any atom is -0.478 e. The summed E-state index contributed by atoms with van der Waals surface area (Å²) in [5.74, 6) is -0.934. The van der Waals surface area contributed by atoms with Crippen LogP contribution in [0, 0.1) is 0 Å². The van der Waals surface area contributed by atoms with Gasteiger partial charge in [-0.3, -0.25) is 4.79 Å². The van der Waals surface area contributed by atoms with E-state index < -0.39 is 5.97 Å². The summed E-state index contributed by atoms with van der Waals surface area (Å²) in [6.07, 6.45) is 3.71. The van der Waals surface area contributed by atoms with E-state index in [0.717, 1.165) is 5.39 Å². The number of carboxylic acid groups (broad SMARTS) is 1. The van der Waals surface area contributed by atoms with E-state index in [1.54, 1.807) is 25.3 Å². The summed E-state index contributed by atoms with van der Waals surface area (Å²) >= 11 is 0. The molecule has 1 N–H and O–H groups in total. The number of carboxylic acids is 1. The van der Waals surface area contributed by atoms with E-state index in [-0.39, 0.29) is 12.1 Å². The molecule has 2 aromatic rings. The van der Waals surface area contributed by atoms with Gasteiger partial charge in [-0.2, -0.15) is 0 Å². The molecule has 0 unspecified atom stereocenters. The van der Waals surface area contributed by atoms with Crippen molar-refractivity contribution in [2.45, 2.75) is 19.9 Å². The molecule has 1 heterocycles. The first-order valence-corrected chi connectivity index (χ1v) is 6.14. The molecule has 0 atom stereocenters. The molecule has 0 spiro atoms. The first-order chi connectivity index (χ1) is 9.13. The smallest absolute Gasteiger partial charge is 0.331 e. The van der Waals surface area contributed by atoms with Gasteiger partial charge in [-0.15, -0.1) is 0 Å². The van der Waals surface area contributed by atoms with Crippen molar-refractivity contribution >= 4 is 16.7 Å². The van der Waals surface area contributed by atoms with Crippen LogP contribution >= 0.6 is 0 Å². The van der Waals surface area contributed by atoms with Gasteiger partial charge in [0, 0.05) is 23.7 Å².